The normalized spacial score (nSPS) is 20.2. The summed E-state index contributed by atoms with van der Waals surface area (Å²) in [6, 6.07) is 6.01. The quantitative estimate of drug-likeness (QED) is 0.813. The molecule has 18 heavy (non-hydrogen) atoms. The molecule has 0 bridgehead atoms. The van der Waals surface area contributed by atoms with E-state index in [-0.39, 0.29) is 6.04 Å². The number of allylic oxidation sites excluding steroid dienone is 1. The lowest BCUT2D eigenvalue weighted by molar-refractivity contribution is 0.174. The average molecular weight is 245 g/mol. The van der Waals surface area contributed by atoms with Crippen LogP contribution in [0, 0.1) is 0 Å². The van der Waals surface area contributed by atoms with Crippen LogP contribution >= 0.6 is 0 Å². The van der Waals surface area contributed by atoms with Crippen LogP contribution < -0.4 is 15.2 Å². The second-order valence-electron chi connectivity index (χ2n) is 4.97. The first kappa shape index (κ1) is 11.6. The maximum atomic E-state index is 6.37. The molecule has 1 heterocycles. The van der Waals surface area contributed by atoms with Gasteiger partial charge in [0.15, 0.2) is 11.5 Å². The molecule has 3 rings (SSSR count). The molecule has 0 spiro atoms. The fraction of sp³-hybridized carbons (Fsp3) is 0.467. The summed E-state index contributed by atoms with van der Waals surface area (Å²) in [6.45, 7) is 0.316. The van der Waals surface area contributed by atoms with E-state index in [2.05, 4.69) is 6.08 Å². The number of hydrogen-bond donors (Lipinski definition) is 1. The SMILES string of the molecule is NC(C1=CCCCCC1)c1ccc2c(c1)OCO2. The van der Waals surface area contributed by atoms with Gasteiger partial charge in [-0.3, -0.25) is 0 Å². The number of hydrogen-bond acceptors (Lipinski definition) is 3. The smallest absolute Gasteiger partial charge is 0.231 e. The summed E-state index contributed by atoms with van der Waals surface area (Å²) >= 11 is 0. The van der Waals surface area contributed by atoms with Crippen molar-refractivity contribution in [2.45, 2.75) is 38.1 Å². The molecule has 96 valence electrons. The standard InChI is InChI=1S/C15H19NO2/c16-15(11-5-3-1-2-4-6-11)12-7-8-13-14(9-12)18-10-17-13/h5,7-9,15H,1-4,6,10,16H2. The van der Waals surface area contributed by atoms with Crippen molar-refractivity contribution in [2.75, 3.05) is 6.79 Å². The number of rotatable bonds is 2. The lowest BCUT2D eigenvalue weighted by Crippen LogP contribution is -2.13. The molecule has 1 aromatic rings. The Labute approximate surface area is 108 Å². The molecular weight excluding hydrogens is 226 g/mol. The van der Waals surface area contributed by atoms with E-state index in [1.807, 2.05) is 18.2 Å². The highest BCUT2D eigenvalue weighted by Crippen LogP contribution is 2.36. The minimum absolute atomic E-state index is 0.00222. The van der Waals surface area contributed by atoms with Gasteiger partial charge in [0.2, 0.25) is 6.79 Å². The van der Waals surface area contributed by atoms with Crippen molar-refractivity contribution in [2.24, 2.45) is 5.73 Å². The second kappa shape index (κ2) is 5.02. The van der Waals surface area contributed by atoms with E-state index in [4.69, 9.17) is 15.2 Å². The molecule has 0 saturated carbocycles. The highest BCUT2D eigenvalue weighted by atomic mass is 16.7. The molecular formula is C15H19NO2. The monoisotopic (exact) mass is 245 g/mol. The molecule has 2 aliphatic rings. The van der Waals surface area contributed by atoms with Crippen molar-refractivity contribution in [3.63, 3.8) is 0 Å². The van der Waals surface area contributed by atoms with E-state index in [9.17, 15) is 0 Å². The molecule has 1 aromatic carbocycles. The third kappa shape index (κ3) is 2.23. The minimum atomic E-state index is -0.00222. The van der Waals surface area contributed by atoms with Gasteiger partial charge in [-0.2, -0.15) is 0 Å². The predicted molar refractivity (Wildman–Crippen MR) is 70.7 cm³/mol. The van der Waals surface area contributed by atoms with Crippen LogP contribution in [0.3, 0.4) is 0 Å². The Balaban J connectivity index is 1.83. The predicted octanol–water partition coefficient (Wildman–Crippen LogP) is 3.31. The van der Waals surface area contributed by atoms with Gasteiger partial charge in [-0.25, -0.2) is 0 Å². The molecule has 3 heteroatoms. The highest BCUT2D eigenvalue weighted by Gasteiger charge is 2.18. The number of benzene rings is 1. The van der Waals surface area contributed by atoms with Gasteiger partial charge >= 0.3 is 0 Å². The highest BCUT2D eigenvalue weighted by molar-refractivity contribution is 5.46. The van der Waals surface area contributed by atoms with Crippen LogP contribution in [0.25, 0.3) is 0 Å². The van der Waals surface area contributed by atoms with Crippen molar-refractivity contribution >= 4 is 0 Å². The van der Waals surface area contributed by atoms with Gasteiger partial charge < -0.3 is 15.2 Å². The first-order valence-corrected chi connectivity index (χ1v) is 6.68. The summed E-state index contributed by atoms with van der Waals surface area (Å²) in [5.41, 5.74) is 8.85. The van der Waals surface area contributed by atoms with Gasteiger partial charge in [-0.05, 0) is 43.4 Å². The van der Waals surface area contributed by atoms with Crippen LogP contribution in [0.4, 0.5) is 0 Å². The fourth-order valence-corrected chi connectivity index (χ4v) is 2.64. The molecule has 0 aromatic heterocycles. The first-order chi connectivity index (χ1) is 8.84. The van der Waals surface area contributed by atoms with Crippen molar-refractivity contribution in [3.8, 4) is 11.5 Å². The second-order valence-corrected chi connectivity index (χ2v) is 4.97. The Hall–Kier alpha value is -1.48. The minimum Gasteiger partial charge on any atom is -0.454 e. The molecule has 3 nitrogen and oxygen atoms in total. The average Bonchev–Trinajstić information content (AvgIpc) is 2.69. The van der Waals surface area contributed by atoms with E-state index in [0.717, 1.165) is 29.9 Å². The molecule has 1 unspecified atom stereocenters. The molecule has 0 radical (unpaired) electrons. The van der Waals surface area contributed by atoms with Crippen LogP contribution in [0.15, 0.2) is 29.8 Å². The Bertz CT molecular complexity index is 468. The molecule has 1 aliphatic heterocycles. The Morgan fingerprint density at radius 1 is 1.06 bits per heavy atom. The van der Waals surface area contributed by atoms with Crippen molar-refractivity contribution in [1.82, 2.24) is 0 Å². The molecule has 0 amide bonds. The van der Waals surface area contributed by atoms with E-state index in [0.29, 0.717) is 6.79 Å². The van der Waals surface area contributed by atoms with Crippen LogP contribution in [-0.4, -0.2) is 6.79 Å². The number of fused-ring (bicyclic) bond motifs is 1. The van der Waals surface area contributed by atoms with Gasteiger partial charge in [0.1, 0.15) is 0 Å². The van der Waals surface area contributed by atoms with Crippen LogP contribution in [-0.2, 0) is 0 Å². The van der Waals surface area contributed by atoms with Crippen LogP contribution in [0.1, 0.15) is 43.7 Å². The summed E-state index contributed by atoms with van der Waals surface area (Å²) in [5, 5.41) is 0. The third-order valence-electron chi connectivity index (χ3n) is 3.73. The van der Waals surface area contributed by atoms with E-state index in [1.54, 1.807) is 0 Å². The van der Waals surface area contributed by atoms with E-state index in [1.165, 1.54) is 24.8 Å². The summed E-state index contributed by atoms with van der Waals surface area (Å²) in [6.07, 6.45) is 8.46. The first-order valence-electron chi connectivity index (χ1n) is 6.68. The Kier molecular flexibility index (Phi) is 3.24. The topological polar surface area (TPSA) is 44.5 Å². The Morgan fingerprint density at radius 3 is 2.89 bits per heavy atom. The van der Waals surface area contributed by atoms with Crippen molar-refractivity contribution in [3.05, 3.63) is 35.4 Å². The molecule has 1 aliphatic carbocycles. The maximum absolute atomic E-state index is 6.37. The lowest BCUT2D eigenvalue weighted by Gasteiger charge is -2.16. The third-order valence-corrected chi connectivity index (χ3v) is 3.73. The van der Waals surface area contributed by atoms with Gasteiger partial charge in [0.05, 0.1) is 6.04 Å². The fourth-order valence-electron chi connectivity index (χ4n) is 2.64. The Morgan fingerprint density at radius 2 is 1.94 bits per heavy atom. The van der Waals surface area contributed by atoms with Crippen LogP contribution in [0.5, 0.6) is 11.5 Å². The molecule has 0 fully saturated rings. The van der Waals surface area contributed by atoms with Gasteiger partial charge in [-0.1, -0.05) is 24.1 Å². The molecule has 0 saturated heterocycles. The van der Waals surface area contributed by atoms with Crippen LogP contribution in [0.2, 0.25) is 0 Å². The van der Waals surface area contributed by atoms with Gasteiger partial charge in [-0.15, -0.1) is 0 Å². The maximum Gasteiger partial charge on any atom is 0.231 e. The summed E-state index contributed by atoms with van der Waals surface area (Å²) in [7, 11) is 0. The molecule has 2 N–H and O–H groups in total. The number of nitrogens with two attached hydrogens (primary N) is 1. The van der Waals surface area contributed by atoms with Crippen molar-refractivity contribution < 1.29 is 9.47 Å². The van der Waals surface area contributed by atoms with E-state index < -0.39 is 0 Å². The molecule has 1 atom stereocenters. The summed E-state index contributed by atoms with van der Waals surface area (Å²) < 4.78 is 10.7. The van der Waals surface area contributed by atoms with Gasteiger partial charge in [0, 0.05) is 0 Å². The largest absolute Gasteiger partial charge is 0.454 e. The lowest BCUT2D eigenvalue weighted by atomic mass is 9.96. The van der Waals surface area contributed by atoms with Crippen molar-refractivity contribution in [1.29, 1.82) is 0 Å². The number of ether oxygens (including phenoxy) is 2. The zero-order valence-corrected chi connectivity index (χ0v) is 10.5. The summed E-state index contributed by atoms with van der Waals surface area (Å²) in [5.74, 6) is 1.64. The van der Waals surface area contributed by atoms with Gasteiger partial charge in [0.25, 0.3) is 0 Å². The zero-order valence-electron chi connectivity index (χ0n) is 10.5. The summed E-state index contributed by atoms with van der Waals surface area (Å²) in [4.78, 5) is 0. The zero-order chi connectivity index (χ0) is 12.4. The van der Waals surface area contributed by atoms with E-state index >= 15 is 0 Å².